The molecule has 1 amide bonds. The number of aromatic nitrogens is 1. The number of carbonyl (C=O) groups excluding carboxylic acids is 1. The van der Waals surface area contributed by atoms with Crippen molar-refractivity contribution in [2.24, 2.45) is 0 Å². The van der Waals surface area contributed by atoms with E-state index in [0.717, 1.165) is 22.6 Å². The molecule has 1 aliphatic carbocycles. The van der Waals surface area contributed by atoms with Crippen LogP contribution in [0.1, 0.15) is 35.6 Å². The smallest absolute Gasteiger partial charge is 0.412 e. The summed E-state index contributed by atoms with van der Waals surface area (Å²) in [6, 6.07) is 26.5. The number of benzene rings is 3. The van der Waals surface area contributed by atoms with Gasteiger partial charge in [-0.15, -0.1) is 0 Å². The molecule has 1 aromatic heterocycles. The van der Waals surface area contributed by atoms with Gasteiger partial charge in [-0.3, -0.25) is 5.32 Å². The van der Waals surface area contributed by atoms with E-state index in [1.165, 1.54) is 24.0 Å². The molecule has 3 aromatic carbocycles. The first-order valence-corrected chi connectivity index (χ1v) is 10.8. The Labute approximate surface area is 187 Å². The second-order valence-electron chi connectivity index (χ2n) is 8.12. The van der Waals surface area contributed by atoms with Crippen LogP contribution in [-0.2, 0) is 11.3 Å². The lowest BCUT2D eigenvalue weighted by molar-refractivity contribution is 0.155. The molecule has 5 heteroatoms. The Hall–Kier alpha value is -3.86. The van der Waals surface area contributed by atoms with E-state index in [1.807, 2.05) is 42.5 Å². The fourth-order valence-electron chi connectivity index (χ4n) is 3.76. The van der Waals surface area contributed by atoms with Crippen LogP contribution in [0.25, 0.3) is 22.4 Å². The van der Waals surface area contributed by atoms with Gasteiger partial charge in [-0.2, -0.15) is 0 Å². The summed E-state index contributed by atoms with van der Waals surface area (Å²) in [6.45, 7) is 1.96. The Morgan fingerprint density at radius 3 is 2.22 bits per heavy atom. The highest BCUT2D eigenvalue weighted by molar-refractivity contribution is 5.91. The summed E-state index contributed by atoms with van der Waals surface area (Å²) in [6.07, 6.45) is 2.07. The molecule has 5 rings (SSSR count). The average Bonchev–Trinajstić information content (AvgIpc) is 3.63. The monoisotopic (exact) mass is 424 g/mol. The van der Waals surface area contributed by atoms with Crippen molar-refractivity contribution in [3.63, 3.8) is 0 Å². The second kappa shape index (κ2) is 8.71. The van der Waals surface area contributed by atoms with Crippen LogP contribution in [0.4, 0.5) is 10.5 Å². The number of carbonyl (C=O) groups is 1. The van der Waals surface area contributed by atoms with Gasteiger partial charge in [-0.05, 0) is 47.9 Å². The van der Waals surface area contributed by atoms with Crippen LogP contribution in [0.3, 0.4) is 0 Å². The largest absolute Gasteiger partial charge is 0.444 e. The van der Waals surface area contributed by atoms with E-state index in [-0.39, 0.29) is 6.61 Å². The first-order valence-electron chi connectivity index (χ1n) is 10.8. The van der Waals surface area contributed by atoms with Crippen molar-refractivity contribution >= 4 is 11.8 Å². The highest BCUT2D eigenvalue weighted by Gasteiger charge is 2.23. The van der Waals surface area contributed by atoms with E-state index in [0.29, 0.717) is 17.1 Å². The zero-order valence-electron chi connectivity index (χ0n) is 17.9. The Balaban J connectivity index is 1.29. The van der Waals surface area contributed by atoms with E-state index in [2.05, 4.69) is 46.9 Å². The predicted octanol–water partition coefficient (Wildman–Crippen LogP) is 6.94. The minimum atomic E-state index is -0.547. The number of nitrogens with zero attached hydrogens (tertiary/aromatic N) is 1. The number of anilines is 1. The summed E-state index contributed by atoms with van der Waals surface area (Å²) in [5, 5.41) is 6.93. The predicted molar refractivity (Wildman–Crippen MR) is 124 cm³/mol. The molecular formula is C27H24N2O3. The molecule has 160 valence electrons. The van der Waals surface area contributed by atoms with Crippen molar-refractivity contribution in [1.82, 2.24) is 5.16 Å². The van der Waals surface area contributed by atoms with Gasteiger partial charge in [-0.1, -0.05) is 84.0 Å². The zero-order valence-corrected chi connectivity index (χ0v) is 17.9. The summed E-state index contributed by atoms with van der Waals surface area (Å²) in [5.41, 5.74) is 6.62. The molecule has 32 heavy (non-hydrogen) atoms. The Morgan fingerprint density at radius 1 is 0.938 bits per heavy atom. The van der Waals surface area contributed by atoms with Crippen molar-refractivity contribution < 1.29 is 14.1 Å². The number of nitrogens with one attached hydrogen (secondary N) is 1. The minimum Gasteiger partial charge on any atom is -0.444 e. The van der Waals surface area contributed by atoms with Crippen LogP contribution in [0, 0.1) is 6.92 Å². The average molecular weight is 425 g/mol. The molecule has 0 unspecified atom stereocenters. The summed E-state index contributed by atoms with van der Waals surface area (Å²) in [5.74, 6) is 1.28. The van der Waals surface area contributed by atoms with Crippen LogP contribution in [-0.4, -0.2) is 11.2 Å². The van der Waals surface area contributed by atoms with Crippen LogP contribution in [0.15, 0.2) is 83.4 Å². The fraction of sp³-hybridized carbons (Fsp3) is 0.185. The van der Waals surface area contributed by atoms with Crippen molar-refractivity contribution in [2.45, 2.75) is 32.3 Å². The topological polar surface area (TPSA) is 64.4 Å². The lowest BCUT2D eigenvalue weighted by atomic mass is 10.00. The standard InChI is InChI=1S/C27H24N2O3/c1-18-25(28-27(30)31-17-19-5-3-2-4-6-19)26(29-32-18)24-15-13-23(14-16-24)22-11-9-21(10-12-22)20-7-8-20/h2-6,9-16,20H,7-8,17H2,1H3,(H,28,30). The van der Waals surface area contributed by atoms with Gasteiger partial charge in [0.15, 0.2) is 5.76 Å². The van der Waals surface area contributed by atoms with E-state index in [1.54, 1.807) is 6.92 Å². The first-order chi connectivity index (χ1) is 15.7. The third-order valence-electron chi connectivity index (χ3n) is 5.75. The lowest BCUT2D eigenvalue weighted by Crippen LogP contribution is -2.14. The quantitative estimate of drug-likeness (QED) is 0.364. The number of amides is 1. The number of hydrogen-bond acceptors (Lipinski definition) is 4. The van der Waals surface area contributed by atoms with Gasteiger partial charge >= 0.3 is 6.09 Å². The van der Waals surface area contributed by atoms with Gasteiger partial charge in [0, 0.05) is 5.56 Å². The summed E-state index contributed by atoms with van der Waals surface area (Å²) in [4.78, 5) is 12.3. The molecule has 1 saturated carbocycles. The molecule has 0 saturated heterocycles. The molecule has 4 aromatic rings. The Bertz CT molecular complexity index is 1210. The van der Waals surface area contributed by atoms with Crippen molar-refractivity contribution in [2.75, 3.05) is 5.32 Å². The van der Waals surface area contributed by atoms with Crippen LogP contribution < -0.4 is 5.32 Å². The summed E-state index contributed by atoms with van der Waals surface area (Å²) in [7, 11) is 0. The molecule has 1 N–H and O–H groups in total. The highest BCUT2D eigenvalue weighted by atomic mass is 16.5. The van der Waals surface area contributed by atoms with Gasteiger partial charge in [0.2, 0.25) is 0 Å². The molecule has 1 fully saturated rings. The van der Waals surface area contributed by atoms with E-state index in [4.69, 9.17) is 9.26 Å². The fourth-order valence-corrected chi connectivity index (χ4v) is 3.76. The summed E-state index contributed by atoms with van der Waals surface area (Å²) >= 11 is 0. The Kier molecular flexibility index (Phi) is 5.46. The molecule has 1 heterocycles. The molecule has 1 aliphatic rings. The molecule has 0 radical (unpaired) electrons. The van der Waals surface area contributed by atoms with Crippen molar-refractivity contribution in [1.29, 1.82) is 0 Å². The number of hydrogen-bond donors (Lipinski definition) is 1. The number of ether oxygens (including phenoxy) is 1. The van der Waals surface area contributed by atoms with Gasteiger partial charge in [-0.25, -0.2) is 4.79 Å². The minimum absolute atomic E-state index is 0.195. The van der Waals surface area contributed by atoms with Gasteiger partial charge in [0.1, 0.15) is 18.0 Å². The van der Waals surface area contributed by atoms with E-state index >= 15 is 0 Å². The maximum Gasteiger partial charge on any atom is 0.412 e. The molecule has 0 aliphatic heterocycles. The Morgan fingerprint density at radius 2 is 1.56 bits per heavy atom. The highest BCUT2D eigenvalue weighted by Crippen LogP contribution is 2.40. The molecule has 0 spiro atoms. The third kappa shape index (κ3) is 4.42. The molecule has 5 nitrogen and oxygen atoms in total. The second-order valence-corrected chi connectivity index (χ2v) is 8.12. The van der Waals surface area contributed by atoms with E-state index < -0.39 is 6.09 Å². The van der Waals surface area contributed by atoms with Gasteiger partial charge < -0.3 is 9.26 Å². The number of aryl methyl sites for hydroxylation is 1. The maximum absolute atomic E-state index is 12.3. The van der Waals surface area contributed by atoms with Crippen LogP contribution in [0.2, 0.25) is 0 Å². The SMILES string of the molecule is Cc1onc(-c2ccc(-c3ccc(C4CC4)cc3)cc2)c1NC(=O)OCc1ccccc1. The van der Waals surface area contributed by atoms with Crippen LogP contribution in [0.5, 0.6) is 0 Å². The van der Waals surface area contributed by atoms with Gasteiger partial charge in [0.25, 0.3) is 0 Å². The first kappa shape index (κ1) is 20.1. The van der Waals surface area contributed by atoms with Gasteiger partial charge in [0.05, 0.1) is 0 Å². The number of rotatable bonds is 6. The third-order valence-corrected chi connectivity index (χ3v) is 5.75. The zero-order chi connectivity index (χ0) is 21.9. The summed E-state index contributed by atoms with van der Waals surface area (Å²) < 4.78 is 10.7. The maximum atomic E-state index is 12.3. The molecule has 0 atom stereocenters. The van der Waals surface area contributed by atoms with E-state index in [9.17, 15) is 4.79 Å². The van der Waals surface area contributed by atoms with Crippen LogP contribution >= 0.6 is 0 Å². The molecular weight excluding hydrogens is 400 g/mol. The lowest BCUT2D eigenvalue weighted by Gasteiger charge is -2.08. The van der Waals surface area contributed by atoms with Crippen molar-refractivity contribution in [3.05, 3.63) is 95.7 Å². The van der Waals surface area contributed by atoms with Crippen molar-refractivity contribution in [3.8, 4) is 22.4 Å². The normalized spacial score (nSPS) is 13.0. The molecule has 0 bridgehead atoms.